The van der Waals surface area contributed by atoms with Crippen molar-refractivity contribution in [3.63, 3.8) is 0 Å². The highest BCUT2D eigenvalue weighted by atomic mass is 32.2. The van der Waals surface area contributed by atoms with Crippen molar-refractivity contribution in [3.05, 3.63) is 0 Å². The summed E-state index contributed by atoms with van der Waals surface area (Å²) in [6, 6.07) is 0.344. The maximum absolute atomic E-state index is 12.2. The van der Waals surface area contributed by atoms with E-state index in [-0.39, 0.29) is 18.0 Å². The van der Waals surface area contributed by atoms with Crippen LogP contribution < -0.4 is 15.4 Å². The van der Waals surface area contributed by atoms with Crippen LogP contribution in [-0.2, 0) is 19.5 Å². The number of ether oxygens (including phenoxy) is 2. The molecule has 0 aromatic heterocycles. The molecule has 0 aliphatic carbocycles. The lowest BCUT2D eigenvalue weighted by atomic mass is 10.1. The van der Waals surface area contributed by atoms with Crippen LogP contribution in [0.2, 0.25) is 0 Å². The van der Waals surface area contributed by atoms with Gasteiger partial charge < -0.3 is 25.0 Å². The molecule has 2 saturated heterocycles. The van der Waals surface area contributed by atoms with Crippen LogP contribution in [0.25, 0.3) is 0 Å². The molecule has 10 heteroatoms. The lowest BCUT2D eigenvalue weighted by Crippen LogP contribution is -2.50. The Hall–Kier alpha value is -0.940. The van der Waals surface area contributed by atoms with Gasteiger partial charge in [0.05, 0.1) is 24.6 Å². The van der Waals surface area contributed by atoms with E-state index in [2.05, 4.69) is 39.1 Å². The van der Waals surface area contributed by atoms with Gasteiger partial charge in [0.25, 0.3) is 0 Å². The van der Waals surface area contributed by atoms with E-state index >= 15 is 0 Å². The molecule has 2 heterocycles. The molecule has 0 spiro atoms. The number of aliphatic imine (C=N–C) groups is 1. The van der Waals surface area contributed by atoms with Gasteiger partial charge in [-0.2, -0.15) is 0 Å². The monoisotopic (exact) mass is 447 g/mol. The second kappa shape index (κ2) is 13.5. The van der Waals surface area contributed by atoms with Crippen molar-refractivity contribution < 1.29 is 17.9 Å². The van der Waals surface area contributed by atoms with E-state index in [0.717, 1.165) is 65.0 Å². The van der Waals surface area contributed by atoms with Crippen LogP contribution in [0.4, 0.5) is 0 Å². The zero-order valence-corrected chi connectivity index (χ0v) is 19.7. The number of sulfonamides is 1. The Morgan fingerprint density at radius 3 is 2.63 bits per heavy atom. The molecule has 2 rings (SSSR count). The van der Waals surface area contributed by atoms with E-state index in [0.29, 0.717) is 25.1 Å². The third-order valence-electron chi connectivity index (χ3n) is 5.48. The minimum absolute atomic E-state index is 0.00119. The molecule has 0 saturated carbocycles. The van der Waals surface area contributed by atoms with E-state index < -0.39 is 10.0 Å². The molecule has 0 aromatic carbocycles. The lowest BCUT2D eigenvalue weighted by molar-refractivity contribution is 0.0200. The van der Waals surface area contributed by atoms with Crippen LogP contribution in [0, 0.1) is 0 Å². The molecule has 30 heavy (non-hydrogen) atoms. The second-order valence-electron chi connectivity index (χ2n) is 8.33. The number of hydrogen-bond donors (Lipinski definition) is 3. The molecule has 0 bridgehead atoms. The number of guanidine groups is 1. The van der Waals surface area contributed by atoms with Crippen molar-refractivity contribution in [2.24, 2.45) is 4.99 Å². The van der Waals surface area contributed by atoms with E-state index in [4.69, 9.17) is 9.47 Å². The third-order valence-corrected chi connectivity index (χ3v) is 6.83. The fraction of sp³-hybridized carbons (Fsp3) is 0.950. The fourth-order valence-corrected chi connectivity index (χ4v) is 4.63. The summed E-state index contributed by atoms with van der Waals surface area (Å²) in [7, 11) is -1.62. The summed E-state index contributed by atoms with van der Waals surface area (Å²) in [5.74, 6) is 0.664. The Labute approximate surface area is 182 Å². The van der Waals surface area contributed by atoms with E-state index in [1.807, 2.05) is 0 Å². The molecule has 0 radical (unpaired) electrons. The van der Waals surface area contributed by atoms with Gasteiger partial charge in [-0.1, -0.05) is 0 Å². The first-order valence-corrected chi connectivity index (χ1v) is 12.9. The van der Waals surface area contributed by atoms with Crippen LogP contribution in [0.1, 0.15) is 46.0 Å². The number of piperidine rings is 1. The summed E-state index contributed by atoms with van der Waals surface area (Å²) >= 11 is 0. The lowest BCUT2D eigenvalue weighted by Gasteiger charge is -2.33. The van der Waals surface area contributed by atoms with Crippen molar-refractivity contribution in [1.29, 1.82) is 0 Å². The molecular weight excluding hydrogens is 406 g/mol. The minimum atomic E-state index is -3.33. The Balaban J connectivity index is 1.60. The molecule has 2 aliphatic heterocycles. The SMILES string of the molecule is CN=C(NCCS(=O)(=O)NCC1CCCCO1)NC1CCN(CCOC(C)C)CC1. The summed E-state index contributed by atoms with van der Waals surface area (Å²) in [4.78, 5) is 6.66. The zero-order valence-electron chi connectivity index (χ0n) is 18.9. The van der Waals surface area contributed by atoms with E-state index in [1.54, 1.807) is 7.05 Å². The molecule has 1 atom stereocenters. The van der Waals surface area contributed by atoms with Crippen molar-refractivity contribution in [2.75, 3.05) is 58.7 Å². The van der Waals surface area contributed by atoms with Crippen LogP contribution in [0.5, 0.6) is 0 Å². The standard InChI is InChI=1S/C20H41N5O4S/c1-17(2)28-14-12-25-10-7-18(8-11-25)24-20(21-3)22-9-15-30(26,27)23-16-19-6-4-5-13-29-19/h17-19,23H,4-16H2,1-3H3,(H2,21,22,24). The third kappa shape index (κ3) is 10.4. The maximum atomic E-state index is 12.2. The van der Waals surface area contributed by atoms with Gasteiger partial charge in [-0.15, -0.1) is 0 Å². The van der Waals surface area contributed by atoms with Gasteiger partial charge in [0.1, 0.15) is 0 Å². The summed E-state index contributed by atoms with van der Waals surface area (Å²) in [5.41, 5.74) is 0. The molecular formula is C20H41N5O4S. The van der Waals surface area contributed by atoms with E-state index in [9.17, 15) is 8.42 Å². The quantitative estimate of drug-likeness (QED) is 0.313. The minimum Gasteiger partial charge on any atom is -0.377 e. The molecule has 0 aromatic rings. The first kappa shape index (κ1) is 25.3. The summed E-state index contributed by atoms with van der Waals surface area (Å²) in [6.07, 6.45) is 5.41. The van der Waals surface area contributed by atoms with Crippen LogP contribution in [0.15, 0.2) is 4.99 Å². The predicted molar refractivity (Wildman–Crippen MR) is 120 cm³/mol. The molecule has 3 N–H and O–H groups in total. The van der Waals surface area contributed by atoms with Crippen molar-refractivity contribution >= 4 is 16.0 Å². The number of rotatable bonds is 11. The van der Waals surface area contributed by atoms with Crippen LogP contribution in [0.3, 0.4) is 0 Å². The smallest absolute Gasteiger partial charge is 0.213 e. The Morgan fingerprint density at radius 2 is 2.00 bits per heavy atom. The van der Waals surface area contributed by atoms with Gasteiger partial charge in [0.15, 0.2) is 5.96 Å². The highest BCUT2D eigenvalue weighted by Gasteiger charge is 2.21. The van der Waals surface area contributed by atoms with Gasteiger partial charge in [-0.3, -0.25) is 4.99 Å². The average molecular weight is 448 g/mol. The van der Waals surface area contributed by atoms with Gasteiger partial charge in [-0.05, 0) is 46.0 Å². The van der Waals surface area contributed by atoms with Crippen molar-refractivity contribution in [1.82, 2.24) is 20.3 Å². The summed E-state index contributed by atoms with van der Waals surface area (Å²) in [6.45, 7) is 9.30. The molecule has 2 fully saturated rings. The van der Waals surface area contributed by atoms with Crippen LogP contribution >= 0.6 is 0 Å². The predicted octanol–water partition coefficient (Wildman–Crippen LogP) is 0.529. The number of nitrogens with one attached hydrogen (secondary N) is 3. The number of hydrogen-bond acceptors (Lipinski definition) is 6. The normalized spacial score (nSPS) is 22.4. The maximum Gasteiger partial charge on any atom is 0.213 e. The average Bonchev–Trinajstić information content (AvgIpc) is 2.73. The van der Waals surface area contributed by atoms with E-state index in [1.165, 1.54) is 0 Å². The van der Waals surface area contributed by atoms with Crippen molar-refractivity contribution in [3.8, 4) is 0 Å². The number of nitrogens with zero attached hydrogens (tertiary/aromatic N) is 2. The first-order valence-electron chi connectivity index (χ1n) is 11.3. The van der Waals surface area contributed by atoms with Gasteiger partial charge >= 0.3 is 0 Å². The number of likely N-dealkylation sites (tertiary alicyclic amines) is 1. The Morgan fingerprint density at radius 1 is 1.23 bits per heavy atom. The topological polar surface area (TPSA) is 104 Å². The molecule has 176 valence electrons. The molecule has 1 unspecified atom stereocenters. The van der Waals surface area contributed by atoms with Crippen molar-refractivity contribution in [2.45, 2.75) is 64.2 Å². The van der Waals surface area contributed by atoms with Crippen LogP contribution in [-0.4, -0.2) is 96.3 Å². The Bertz CT molecular complexity index is 600. The largest absolute Gasteiger partial charge is 0.377 e. The van der Waals surface area contributed by atoms with Gasteiger partial charge in [0.2, 0.25) is 10.0 Å². The van der Waals surface area contributed by atoms with Gasteiger partial charge in [-0.25, -0.2) is 13.1 Å². The summed E-state index contributed by atoms with van der Waals surface area (Å²) in [5, 5.41) is 6.54. The first-order chi connectivity index (χ1) is 14.4. The highest BCUT2D eigenvalue weighted by Crippen LogP contribution is 2.12. The molecule has 9 nitrogen and oxygen atoms in total. The van der Waals surface area contributed by atoms with Gasteiger partial charge in [0, 0.05) is 52.4 Å². The molecule has 0 amide bonds. The summed E-state index contributed by atoms with van der Waals surface area (Å²) < 4.78 is 38.3. The second-order valence-corrected chi connectivity index (χ2v) is 10.3. The zero-order chi connectivity index (χ0) is 21.8. The molecule has 2 aliphatic rings. The Kier molecular flexibility index (Phi) is 11.4. The highest BCUT2D eigenvalue weighted by molar-refractivity contribution is 7.89. The fourth-order valence-electron chi connectivity index (χ4n) is 3.67.